The highest BCUT2D eigenvalue weighted by molar-refractivity contribution is 5.12. The van der Waals surface area contributed by atoms with Gasteiger partial charge in [-0.1, -0.05) is 12.8 Å². The fourth-order valence-corrected chi connectivity index (χ4v) is 3.83. The zero-order valence-electron chi connectivity index (χ0n) is 11.7. The third-order valence-corrected chi connectivity index (χ3v) is 5.07. The summed E-state index contributed by atoms with van der Waals surface area (Å²) in [7, 11) is 0. The molecule has 106 valence electrons. The van der Waals surface area contributed by atoms with E-state index in [9.17, 15) is 5.26 Å². The average Bonchev–Trinajstić information content (AvgIpc) is 2.74. The molecular formula is C15H24N2O2. The molecule has 1 saturated carbocycles. The molecule has 0 aromatic heterocycles. The molecule has 2 saturated heterocycles. The van der Waals surface area contributed by atoms with Crippen LogP contribution in [0.5, 0.6) is 0 Å². The monoisotopic (exact) mass is 264 g/mol. The van der Waals surface area contributed by atoms with Crippen LogP contribution in [0.1, 0.15) is 51.4 Å². The number of rotatable bonds is 1. The van der Waals surface area contributed by atoms with Gasteiger partial charge in [0.05, 0.1) is 19.3 Å². The van der Waals surface area contributed by atoms with Crippen LogP contribution >= 0.6 is 0 Å². The minimum Gasteiger partial charge on any atom is -0.348 e. The third-order valence-electron chi connectivity index (χ3n) is 5.07. The Bertz CT molecular complexity index is 340. The topological polar surface area (TPSA) is 45.5 Å². The fourth-order valence-electron chi connectivity index (χ4n) is 3.83. The average molecular weight is 264 g/mol. The first-order valence-corrected chi connectivity index (χ1v) is 7.73. The SMILES string of the molecule is N#CC1(N2CCCCCC2)CCC2(CC1)OCCO2. The Labute approximate surface area is 115 Å². The van der Waals surface area contributed by atoms with Crippen LogP contribution < -0.4 is 0 Å². The Kier molecular flexibility index (Phi) is 3.79. The van der Waals surface area contributed by atoms with Crippen LogP contribution in [0.4, 0.5) is 0 Å². The van der Waals surface area contributed by atoms with Crippen molar-refractivity contribution in [2.45, 2.75) is 62.7 Å². The summed E-state index contributed by atoms with van der Waals surface area (Å²) < 4.78 is 11.6. The van der Waals surface area contributed by atoms with Crippen molar-refractivity contribution >= 4 is 0 Å². The van der Waals surface area contributed by atoms with Crippen molar-refractivity contribution in [1.82, 2.24) is 4.90 Å². The Balaban J connectivity index is 1.69. The second-order valence-electron chi connectivity index (χ2n) is 6.15. The van der Waals surface area contributed by atoms with Gasteiger partial charge >= 0.3 is 0 Å². The van der Waals surface area contributed by atoms with Gasteiger partial charge in [-0.15, -0.1) is 0 Å². The predicted molar refractivity (Wildman–Crippen MR) is 71.5 cm³/mol. The summed E-state index contributed by atoms with van der Waals surface area (Å²) >= 11 is 0. The molecule has 0 aromatic rings. The van der Waals surface area contributed by atoms with Crippen LogP contribution in [0, 0.1) is 11.3 Å². The summed E-state index contributed by atoms with van der Waals surface area (Å²) in [5.74, 6) is -0.355. The molecule has 3 fully saturated rings. The van der Waals surface area contributed by atoms with Gasteiger partial charge in [-0.3, -0.25) is 4.90 Å². The predicted octanol–water partition coefficient (Wildman–Crippen LogP) is 2.44. The van der Waals surface area contributed by atoms with Gasteiger partial charge in [-0.25, -0.2) is 0 Å². The van der Waals surface area contributed by atoms with Crippen molar-refractivity contribution in [2.75, 3.05) is 26.3 Å². The molecule has 1 spiro atoms. The fraction of sp³-hybridized carbons (Fsp3) is 0.933. The Hall–Kier alpha value is -0.630. The highest BCUT2D eigenvalue weighted by atomic mass is 16.7. The third kappa shape index (κ3) is 2.52. The highest BCUT2D eigenvalue weighted by Crippen LogP contribution is 2.43. The maximum Gasteiger partial charge on any atom is 0.168 e. The molecule has 0 atom stereocenters. The van der Waals surface area contributed by atoms with Crippen molar-refractivity contribution < 1.29 is 9.47 Å². The van der Waals surface area contributed by atoms with E-state index in [0.29, 0.717) is 13.2 Å². The summed E-state index contributed by atoms with van der Waals surface area (Å²) in [4.78, 5) is 2.45. The first kappa shape index (κ1) is 13.4. The van der Waals surface area contributed by atoms with Crippen molar-refractivity contribution in [1.29, 1.82) is 5.26 Å². The maximum atomic E-state index is 9.74. The number of hydrogen-bond acceptors (Lipinski definition) is 4. The lowest BCUT2D eigenvalue weighted by atomic mass is 9.78. The molecule has 0 N–H and O–H groups in total. The van der Waals surface area contributed by atoms with Crippen LogP contribution in [-0.2, 0) is 9.47 Å². The maximum absolute atomic E-state index is 9.74. The van der Waals surface area contributed by atoms with Crippen molar-refractivity contribution in [3.8, 4) is 6.07 Å². The summed E-state index contributed by atoms with van der Waals surface area (Å²) in [6.45, 7) is 3.59. The molecule has 3 aliphatic rings. The van der Waals surface area contributed by atoms with Crippen molar-refractivity contribution in [2.24, 2.45) is 0 Å². The normalized spacial score (nSPS) is 30.9. The van der Waals surface area contributed by atoms with E-state index in [1.54, 1.807) is 0 Å². The van der Waals surface area contributed by atoms with Gasteiger partial charge in [0.2, 0.25) is 0 Å². The minimum absolute atomic E-state index is 0.259. The standard InChI is InChI=1S/C15H24N2O2/c16-13-14(17-9-3-1-2-4-10-17)5-7-15(8-6-14)18-11-12-19-15/h1-12H2. The van der Waals surface area contributed by atoms with Crippen LogP contribution in [0.25, 0.3) is 0 Å². The zero-order valence-corrected chi connectivity index (χ0v) is 11.7. The molecule has 2 aliphatic heterocycles. The Morgan fingerprint density at radius 1 is 0.842 bits per heavy atom. The Morgan fingerprint density at radius 2 is 1.42 bits per heavy atom. The van der Waals surface area contributed by atoms with Crippen LogP contribution in [0.2, 0.25) is 0 Å². The molecule has 0 aromatic carbocycles. The van der Waals surface area contributed by atoms with Crippen molar-refractivity contribution in [3.05, 3.63) is 0 Å². The lowest BCUT2D eigenvalue weighted by Crippen LogP contribution is -2.53. The van der Waals surface area contributed by atoms with Crippen LogP contribution in [-0.4, -0.2) is 42.5 Å². The first-order chi connectivity index (χ1) is 9.29. The number of ether oxygens (including phenoxy) is 2. The zero-order chi connectivity index (χ0) is 13.2. The van der Waals surface area contributed by atoms with Gasteiger partial charge in [0, 0.05) is 12.8 Å². The van der Waals surface area contributed by atoms with Crippen LogP contribution in [0.3, 0.4) is 0 Å². The highest BCUT2D eigenvalue weighted by Gasteiger charge is 2.48. The molecule has 0 unspecified atom stereocenters. The minimum atomic E-state index is -0.355. The quantitative estimate of drug-likeness (QED) is 0.729. The van der Waals surface area contributed by atoms with E-state index < -0.39 is 0 Å². The smallest absolute Gasteiger partial charge is 0.168 e. The number of nitrogens with zero attached hydrogens (tertiary/aromatic N) is 2. The molecule has 0 radical (unpaired) electrons. The lowest BCUT2D eigenvalue weighted by molar-refractivity contribution is -0.189. The molecular weight excluding hydrogens is 240 g/mol. The number of nitriles is 1. The second kappa shape index (κ2) is 5.40. The van der Waals surface area contributed by atoms with Gasteiger partial charge < -0.3 is 9.47 Å². The largest absolute Gasteiger partial charge is 0.348 e. The van der Waals surface area contributed by atoms with Gasteiger partial charge in [0.1, 0.15) is 5.54 Å². The molecule has 0 bridgehead atoms. The van der Waals surface area contributed by atoms with E-state index in [-0.39, 0.29) is 11.3 Å². The van der Waals surface area contributed by atoms with Crippen LogP contribution in [0.15, 0.2) is 0 Å². The summed E-state index contributed by atoms with van der Waals surface area (Å²) in [6.07, 6.45) is 8.63. The van der Waals surface area contributed by atoms with E-state index in [1.807, 2.05) is 0 Å². The second-order valence-corrected chi connectivity index (χ2v) is 6.15. The van der Waals surface area contributed by atoms with E-state index in [0.717, 1.165) is 38.8 Å². The van der Waals surface area contributed by atoms with Gasteiger partial charge in [0.25, 0.3) is 0 Å². The first-order valence-electron chi connectivity index (χ1n) is 7.73. The van der Waals surface area contributed by atoms with E-state index in [4.69, 9.17) is 9.47 Å². The molecule has 19 heavy (non-hydrogen) atoms. The Morgan fingerprint density at radius 3 is 1.95 bits per heavy atom. The van der Waals surface area contributed by atoms with Gasteiger partial charge in [-0.05, 0) is 38.8 Å². The van der Waals surface area contributed by atoms with Gasteiger partial charge in [0.15, 0.2) is 5.79 Å². The molecule has 4 heteroatoms. The van der Waals surface area contributed by atoms with E-state index in [2.05, 4.69) is 11.0 Å². The molecule has 3 rings (SSSR count). The van der Waals surface area contributed by atoms with Crippen molar-refractivity contribution in [3.63, 3.8) is 0 Å². The van der Waals surface area contributed by atoms with E-state index in [1.165, 1.54) is 25.7 Å². The van der Waals surface area contributed by atoms with E-state index >= 15 is 0 Å². The number of hydrogen-bond donors (Lipinski definition) is 0. The number of likely N-dealkylation sites (tertiary alicyclic amines) is 1. The summed E-state index contributed by atoms with van der Waals surface area (Å²) in [5.41, 5.74) is -0.259. The summed E-state index contributed by atoms with van der Waals surface area (Å²) in [6, 6.07) is 2.64. The lowest BCUT2D eigenvalue weighted by Gasteiger charge is -2.45. The van der Waals surface area contributed by atoms with Gasteiger partial charge in [-0.2, -0.15) is 5.26 Å². The molecule has 4 nitrogen and oxygen atoms in total. The molecule has 1 aliphatic carbocycles. The summed E-state index contributed by atoms with van der Waals surface area (Å²) in [5, 5.41) is 9.74. The molecule has 0 amide bonds. The molecule has 2 heterocycles.